The number of rotatable bonds is 7. The highest BCUT2D eigenvalue weighted by Crippen LogP contribution is 2.13. The Morgan fingerprint density at radius 2 is 1.86 bits per heavy atom. The first-order chi connectivity index (χ1) is 13.4. The average molecular weight is 380 g/mol. The van der Waals surface area contributed by atoms with Crippen molar-refractivity contribution in [3.8, 4) is 0 Å². The van der Waals surface area contributed by atoms with Crippen molar-refractivity contribution < 1.29 is 14.0 Å². The molecule has 0 radical (unpaired) electrons. The summed E-state index contributed by atoms with van der Waals surface area (Å²) < 4.78 is 13.6. The number of benzene rings is 2. The minimum Gasteiger partial charge on any atom is -0.356 e. The van der Waals surface area contributed by atoms with Gasteiger partial charge in [0.15, 0.2) is 5.78 Å². The molecule has 1 aromatic heterocycles. The van der Waals surface area contributed by atoms with Gasteiger partial charge in [-0.25, -0.2) is 4.39 Å². The molecule has 3 rings (SSSR count). The van der Waals surface area contributed by atoms with E-state index >= 15 is 0 Å². The van der Waals surface area contributed by atoms with E-state index in [4.69, 9.17) is 0 Å². The predicted octanol–water partition coefficient (Wildman–Crippen LogP) is 3.30. The summed E-state index contributed by atoms with van der Waals surface area (Å²) in [7, 11) is 0. The summed E-state index contributed by atoms with van der Waals surface area (Å²) in [5, 5.41) is 3.63. The van der Waals surface area contributed by atoms with E-state index in [1.54, 1.807) is 6.07 Å². The lowest BCUT2D eigenvalue weighted by Gasteiger charge is -2.07. The Labute approximate surface area is 161 Å². The fraction of sp³-hybridized carbons (Fsp3) is 0.227. The SMILES string of the molecule is Cc1ccc2cc(CCNC(=O)CCC(=O)c3ccccc3F)c(=O)[nH]c2c1. The average Bonchev–Trinajstić information content (AvgIpc) is 2.67. The van der Waals surface area contributed by atoms with Crippen LogP contribution in [0.25, 0.3) is 10.9 Å². The van der Waals surface area contributed by atoms with Crippen LogP contribution in [0.2, 0.25) is 0 Å². The molecule has 0 saturated carbocycles. The number of fused-ring (bicyclic) bond motifs is 1. The Balaban J connectivity index is 1.51. The number of ketones is 1. The molecule has 0 spiro atoms. The molecule has 5 nitrogen and oxygen atoms in total. The van der Waals surface area contributed by atoms with Crippen molar-refractivity contribution in [2.24, 2.45) is 0 Å². The van der Waals surface area contributed by atoms with E-state index in [9.17, 15) is 18.8 Å². The molecule has 2 N–H and O–H groups in total. The van der Waals surface area contributed by atoms with Gasteiger partial charge in [0.25, 0.3) is 5.56 Å². The van der Waals surface area contributed by atoms with Gasteiger partial charge in [-0.1, -0.05) is 24.3 Å². The van der Waals surface area contributed by atoms with Gasteiger partial charge in [0.2, 0.25) is 5.91 Å². The standard InChI is InChI=1S/C22H21FN2O3/c1-14-6-7-15-13-16(22(28)25-19(15)12-14)10-11-24-21(27)9-8-20(26)17-4-2-3-5-18(17)23/h2-7,12-13H,8-11H2,1H3,(H,24,27)(H,25,28). The minimum atomic E-state index is -0.585. The van der Waals surface area contributed by atoms with Crippen LogP contribution >= 0.6 is 0 Å². The Hall–Kier alpha value is -3.28. The number of nitrogens with one attached hydrogen (secondary N) is 2. The molecular formula is C22H21FN2O3. The van der Waals surface area contributed by atoms with Crippen molar-refractivity contribution >= 4 is 22.6 Å². The number of hydrogen-bond donors (Lipinski definition) is 2. The van der Waals surface area contributed by atoms with Crippen molar-refractivity contribution in [3.63, 3.8) is 0 Å². The number of aryl methyl sites for hydroxylation is 1. The van der Waals surface area contributed by atoms with E-state index < -0.39 is 11.6 Å². The van der Waals surface area contributed by atoms with Gasteiger partial charge in [0.1, 0.15) is 5.82 Å². The summed E-state index contributed by atoms with van der Waals surface area (Å²) in [6.45, 7) is 2.24. The third-order valence-electron chi connectivity index (χ3n) is 4.55. The molecule has 0 atom stereocenters. The summed E-state index contributed by atoms with van der Waals surface area (Å²) >= 11 is 0. The summed E-state index contributed by atoms with van der Waals surface area (Å²) in [6.07, 6.45) is 0.287. The molecule has 0 aliphatic carbocycles. The van der Waals surface area contributed by atoms with Crippen molar-refractivity contribution in [3.05, 3.63) is 81.4 Å². The van der Waals surface area contributed by atoms with Crippen molar-refractivity contribution in [1.29, 1.82) is 0 Å². The van der Waals surface area contributed by atoms with Crippen LogP contribution in [-0.4, -0.2) is 23.2 Å². The number of amides is 1. The van der Waals surface area contributed by atoms with Gasteiger partial charge in [-0.2, -0.15) is 0 Å². The number of hydrogen-bond acceptors (Lipinski definition) is 3. The second kappa shape index (κ2) is 8.61. The molecule has 144 valence electrons. The number of aromatic nitrogens is 1. The molecule has 28 heavy (non-hydrogen) atoms. The number of halogens is 1. The largest absolute Gasteiger partial charge is 0.356 e. The van der Waals surface area contributed by atoms with Gasteiger partial charge in [0, 0.05) is 30.5 Å². The van der Waals surface area contributed by atoms with E-state index in [0.29, 0.717) is 12.0 Å². The van der Waals surface area contributed by atoms with Gasteiger partial charge < -0.3 is 10.3 Å². The van der Waals surface area contributed by atoms with Crippen LogP contribution in [0.5, 0.6) is 0 Å². The van der Waals surface area contributed by atoms with Crippen LogP contribution in [-0.2, 0) is 11.2 Å². The monoisotopic (exact) mass is 380 g/mol. The van der Waals surface area contributed by atoms with Gasteiger partial charge >= 0.3 is 0 Å². The first kappa shape index (κ1) is 19.5. The molecule has 0 fully saturated rings. The zero-order valence-corrected chi connectivity index (χ0v) is 15.5. The van der Waals surface area contributed by atoms with E-state index in [0.717, 1.165) is 16.5 Å². The van der Waals surface area contributed by atoms with Gasteiger partial charge in [-0.15, -0.1) is 0 Å². The lowest BCUT2D eigenvalue weighted by Crippen LogP contribution is -2.27. The lowest BCUT2D eigenvalue weighted by atomic mass is 10.1. The Morgan fingerprint density at radius 3 is 2.64 bits per heavy atom. The second-order valence-electron chi connectivity index (χ2n) is 6.72. The van der Waals surface area contributed by atoms with E-state index in [-0.39, 0.29) is 36.4 Å². The summed E-state index contributed by atoms with van der Waals surface area (Å²) in [6, 6.07) is 13.4. The maximum Gasteiger partial charge on any atom is 0.251 e. The zero-order chi connectivity index (χ0) is 20.1. The lowest BCUT2D eigenvalue weighted by molar-refractivity contribution is -0.121. The third-order valence-corrected chi connectivity index (χ3v) is 4.55. The van der Waals surface area contributed by atoms with Crippen LogP contribution in [0.4, 0.5) is 4.39 Å². The normalized spacial score (nSPS) is 10.8. The van der Waals surface area contributed by atoms with Gasteiger partial charge in [0.05, 0.1) is 5.56 Å². The predicted molar refractivity (Wildman–Crippen MR) is 106 cm³/mol. The number of carbonyl (C=O) groups excluding carboxylic acids is 2. The van der Waals surface area contributed by atoms with Crippen LogP contribution in [0.3, 0.4) is 0 Å². The molecule has 0 bridgehead atoms. The maximum absolute atomic E-state index is 13.6. The van der Waals surface area contributed by atoms with Crippen LogP contribution in [0.1, 0.15) is 34.3 Å². The number of carbonyl (C=O) groups is 2. The van der Waals surface area contributed by atoms with Gasteiger partial charge in [-0.3, -0.25) is 14.4 Å². The maximum atomic E-state index is 13.6. The number of Topliss-reactive ketones (excluding diaryl/α,β-unsaturated/α-hetero) is 1. The number of pyridine rings is 1. The van der Waals surface area contributed by atoms with Crippen LogP contribution in [0, 0.1) is 12.7 Å². The van der Waals surface area contributed by atoms with Crippen molar-refractivity contribution in [2.45, 2.75) is 26.2 Å². The Bertz CT molecular complexity index is 1090. The summed E-state index contributed by atoms with van der Waals surface area (Å²) in [5.74, 6) is -1.30. The number of H-pyrrole nitrogens is 1. The summed E-state index contributed by atoms with van der Waals surface area (Å²) in [5.41, 5.74) is 2.24. The highest BCUT2D eigenvalue weighted by atomic mass is 19.1. The Morgan fingerprint density at radius 1 is 1.07 bits per heavy atom. The molecule has 0 aliphatic heterocycles. The molecule has 3 aromatic rings. The van der Waals surface area contributed by atoms with Crippen molar-refractivity contribution in [1.82, 2.24) is 10.3 Å². The third kappa shape index (κ3) is 4.71. The zero-order valence-electron chi connectivity index (χ0n) is 15.5. The fourth-order valence-corrected chi connectivity index (χ4v) is 3.02. The smallest absolute Gasteiger partial charge is 0.251 e. The molecule has 1 heterocycles. The van der Waals surface area contributed by atoms with E-state index in [1.165, 1.54) is 18.2 Å². The summed E-state index contributed by atoms with van der Waals surface area (Å²) in [4.78, 5) is 39.0. The minimum absolute atomic E-state index is 0.00626. The van der Waals surface area contributed by atoms with Gasteiger partial charge in [-0.05, 0) is 48.6 Å². The highest BCUT2D eigenvalue weighted by Gasteiger charge is 2.13. The first-order valence-electron chi connectivity index (χ1n) is 9.11. The highest BCUT2D eigenvalue weighted by molar-refractivity contribution is 5.98. The van der Waals surface area contributed by atoms with Crippen LogP contribution < -0.4 is 10.9 Å². The molecule has 0 saturated heterocycles. The molecule has 1 amide bonds. The molecule has 0 unspecified atom stereocenters. The quantitative estimate of drug-likeness (QED) is 0.617. The van der Waals surface area contributed by atoms with E-state index in [1.807, 2.05) is 31.2 Å². The molecule has 6 heteroatoms. The molecule has 0 aliphatic rings. The molecule has 2 aromatic carbocycles. The number of aromatic amines is 1. The topological polar surface area (TPSA) is 79.0 Å². The Kier molecular flexibility index (Phi) is 5.99. The second-order valence-corrected chi connectivity index (χ2v) is 6.72. The van der Waals surface area contributed by atoms with Crippen molar-refractivity contribution in [2.75, 3.05) is 6.54 Å². The van der Waals surface area contributed by atoms with Crippen LogP contribution in [0.15, 0.2) is 53.3 Å². The van der Waals surface area contributed by atoms with E-state index in [2.05, 4.69) is 10.3 Å². The first-order valence-corrected chi connectivity index (χ1v) is 9.11. The molecular weight excluding hydrogens is 359 g/mol. The fourth-order valence-electron chi connectivity index (χ4n) is 3.02.